The van der Waals surface area contributed by atoms with Crippen molar-refractivity contribution in [2.75, 3.05) is 6.54 Å². The summed E-state index contributed by atoms with van der Waals surface area (Å²) in [5.41, 5.74) is 1.74. The first-order chi connectivity index (χ1) is 6.68. The van der Waals surface area contributed by atoms with Gasteiger partial charge in [-0.1, -0.05) is 18.2 Å². The number of hydrogen-bond acceptors (Lipinski definition) is 2. The van der Waals surface area contributed by atoms with E-state index in [9.17, 15) is 9.59 Å². The lowest BCUT2D eigenvalue weighted by Gasteiger charge is -2.11. The molecule has 1 aliphatic rings. The highest BCUT2D eigenvalue weighted by Crippen LogP contribution is 2.22. The topological polar surface area (TPSA) is 37.4 Å². The molecule has 0 N–H and O–H groups in total. The molecule has 72 valence electrons. The average Bonchev–Trinajstić information content (AvgIpc) is 2.44. The van der Waals surface area contributed by atoms with Crippen LogP contribution in [0, 0.1) is 0 Å². The monoisotopic (exact) mass is 301 g/mol. The molecule has 1 aromatic carbocycles. The van der Waals surface area contributed by atoms with Gasteiger partial charge in [0.05, 0.1) is 6.54 Å². The van der Waals surface area contributed by atoms with Crippen LogP contribution in [0.3, 0.4) is 0 Å². The van der Waals surface area contributed by atoms with Crippen molar-refractivity contribution in [3.63, 3.8) is 0 Å². The van der Waals surface area contributed by atoms with E-state index in [-0.39, 0.29) is 16.2 Å². The summed E-state index contributed by atoms with van der Waals surface area (Å²) in [4.78, 5) is 24.2. The van der Waals surface area contributed by atoms with Crippen molar-refractivity contribution >= 4 is 32.3 Å². The van der Waals surface area contributed by atoms with E-state index in [1.54, 1.807) is 33.6 Å². The molecule has 1 aliphatic heterocycles. The number of hydrogen-bond donors (Lipinski definition) is 0. The number of carbonyl (C=O) groups excluding carboxylic acids is 2. The lowest BCUT2D eigenvalue weighted by Crippen LogP contribution is -2.27. The van der Waals surface area contributed by atoms with Gasteiger partial charge in [0.25, 0.3) is 5.91 Å². The molecular formula is C10H8INO2. The van der Waals surface area contributed by atoms with E-state index < -0.39 is 0 Å². The highest BCUT2D eigenvalue weighted by atomic mass is 127. The second-order valence-corrected chi connectivity index (χ2v) is 4.38. The second kappa shape index (κ2) is 3.68. The lowest BCUT2D eigenvalue weighted by atomic mass is 10.1. The maximum atomic E-state index is 11.7. The molecule has 4 heteroatoms. The Morgan fingerprint density at radius 3 is 2.79 bits per heavy atom. The SMILES string of the molecule is O=C(I)CN1Cc2ccccc2C1=O. The van der Waals surface area contributed by atoms with E-state index in [2.05, 4.69) is 0 Å². The molecule has 0 unspecified atom stereocenters. The molecule has 0 bridgehead atoms. The first-order valence-corrected chi connectivity index (χ1v) is 5.32. The smallest absolute Gasteiger partial charge is 0.254 e. The Morgan fingerprint density at radius 1 is 1.43 bits per heavy atom. The molecule has 0 fully saturated rings. The van der Waals surface area contributed by atoms with Crippen LogP contribution in [0.15, 0.2) is 24.3 Å². The fraction of sp³-hybridized carbons (Fsp3) is 0.200. The number of nitrogens with zero attached hydrogens (tertiary/aromatic N) is 1. The third kappa shape index (κ3) is 1.66. The van der Waals surface area contributed by atoms with Crippen LogP contribution < -0.4 is 0 Å². The molecular weight excluding hydrogens is 293 g/mol. The average molecular weight is 301 g/mol. The molecule has 0 saturated heterocycles. The van der Waals surface area contributed by atoms with Crippen LogP contribution in [-0.4, -0.2) is 21.1 Å². The van der Waals surface area contributed by atoms with E-state index in [4.69, 9.17) is 0 Å². The van der Waals surface area contributed by atoms with Gasteiger partial charge in [-0.15, -0.1) is 0 Å². The molecule has 0 atom stereocenters. The van der Waals surface area contributed by atoms with Crippen molar-refractivity contribution in [3.05, 3.63) is 35.4 Å². The maximum absolute atomic E-state index is 11.7. The lowest BCUT2D eigenvalue weighted by molar-refractivity contribution is -0.110. The standard InChI is InChI=1S/C10H8INO2/c11-9(13)6-12-5-7-3-1-2-4-8(7)10(12)14/h1-4H,5-6H2. The van der Waals surface area contributed by atoms with Gasteiger partial charge in [0.15, 0.2) is 0 Å². The first kappa shape index (κ1) is 9.64. The van der Waals surface area contributed by atoms with E-state index >= 15 is 0 Å². The minimum absolute atomic E-state index is 0.0104. The van der Waals surface area contributed by atoms with Crippen LogP contribution >= 0.6 is 22.6 Å². The van der Waals surface area contributed by atoms with Crippen molar-refractivity contribution in [2.45, 2.75) is 6.54 Å². The molecule has 1 amide bonds. The van der Waals surface area contributed by atoms with Gasteiger partial charge < -0.3 is 4.90 Å². The first-order valence-electron chi connectivity index (χ1n) is 4.24. The minimum atomic E-state index is -0.0365. The predicted octanol–water partition coefficient (Wildman–Crippen LogP) is 1.60. The molecule has 1 aromatic rings. The summed E-state index contributed by atoms with van der Waals surface area (Å²) >= 11 is 1.71. The van der Waals surface area contributed by atoms with Gasteiger partial charge >= 0.3 is 0 Å². The van der Waals surface area contributed by atoms with Crippen LogP contribution in [0.25, 0.3) is 0 Å². The Kier molecular flexibility index (Phi) is 2.54. The summed E-state index contributed by atoms with van der Waals surface area (Å²) in [6, 6.07) is 7.47. The van der Waals surface area contributed by atoms with Gasteiger partial charge in [-0.25, -0.2) is 0 Å². The summed E-state index contributed by atoms with van der Waals surface area (Å²) in [7, 11) is 0. The van der Waals surface area contributed by atoms with Crippen molar-refractivity contribution in [1.82, 2.24) is 4.90 Å². The molecule has 14 heavy (non-hydrogen) atoms. The number of rotatable bonds is 2. The number of carbonyl (C=O) groups is 2. The van der Waals surface area contributed by atoms with Gasteiger partial charge in [-0.2, -0.15) is 0 Å². The van der Waals surface area contributed by atoms with Gasteiger partial charge in [0, 0.05) is 34.7 Å². The fourth-order valence-electron chi connectivity index (χ4n) is 1.59. The zero-order valence-corrected chi connectivity index (χ0v) is 9.52. The van der Waals surface area contributed by atoms with Crippen molar-refractivity contribution in [2.24, 2.45) is 0 Å². The van der Waals surface area contributed by atoms with Crippen molar-refractivity contribution in [3.8, 4) is 0 Å². The summed E-state index contributed by atoms with van der Waals surface area (Å²) in [6.45, 7) is 0.762. The molecule has 1 heterocycles. The summed E-state index contributed by atoms with van der Waals surface area (Å²) in [6.07, 6.45) is 0. The van der Waals surface area contributed by atoms with Crippen molar-refractivity contribution in [1.29, 1.82) is 0 Å². The number of benzene rings is 1. The van der Waals surface area contributed by atoms with E-state index in [1.165, 1.54) is 0 Å². The third-order valence-electron chi connectivity index (χ3n) is 2.21. The zero-order valence-electron chi connectivity index (χ0n) is 7.37. The number of amides is 1. The second-order valence-electron chi connectivity index (χ2n) is 3.17. The summed E-state index contributed by atoms with van der Waals surface area (Å²) < 4.78 is -0.0104. The van der Waals surface area contributed by atoms with Crippen LogP contribution in [-0.2, 0) is 11.3 Å². The van der Waals surface area contributed by atoms with Crippen LogP contribution in [0.1, 0.15) is 15.9 Å². The predicted molar refractivity (Wildman–Crippen MR) is 60.2 cm³/mol. The normalized spacial score (nSPS) is 14.4. The third-order valence-corrected chi connectivity index (χ3v) is 2.55. The van der Waals surface area contributed by atoms with E-state index in [1.807, 2.05) is 18.2 Å². The molecule has 2 rings (SSSR count). The molecule has 0 aliphatic carbocycles. The van der Waals surface area contributed by atoms with Gasteiger partial charge in [-0.05, 0) is 11.6 Å². The number of fused-ring (bicyclic) bond motifs is 1. The quantitative estimate of drug-likeness (QED) is 0.615. The molecule has 0 aromatic heterocycles. The fourth-order valence-corrected chi connectivity index (χ4v) is 2.00. The number of halogens is 1. The largest absolute Gasteiger partial charge is 0.326 e. The van der Waals surface area contributed by atoms with Gasteiger partial charge in [-0.3, -0.25) is 9.59 Å². The molecule has 0 saturated carbocycles. The Balaban J connectivity index is 2.26. The van der Waals surface area contributed by atoms with Gasteiger partial charge in [0.2, 0.25) is 3.79 Å². The summed E-state index contributed by atoms with van der Waals surface area (Å²) in [5, 5.41) is 0. The highest BCUT2D eigenvalue weighted by molar-refractivity contribution is 14.1. The maximum Gasteiger partial charge on any atom is 0.254 e. The summed E-state index contributed by atoms with van der Waals surface area (Å²) in [5.74, 6) is -0.0365. The Hall–Kier alpha value is -0.910. The van der Waals surface area contributed by atoms with Crippen LogP contribution in [0.2, 0.25) is 0 Å². The Morgan fingerprint density at radius 2 is 2.14 bits per heavy atom. The molecule has 0 radical (unpaired) electrons. The van der Waals surface area contributed by atoms with Crippen molar-refractivity contribution < 1.29 is 9.59 Å². The Labute approximate surface area is 95.2 Å². The van der Waals surface area contributed by atoms with E-state index in [0.29, 0.717) is 6.54 Å². The highest BCUT2D eigenvalue weighted by Gasteiger charge is 2.27. The van der Waals surface area contributed by atoms with Crippen LogP contribution in [0.4, 0.5) is 0 Å². The Bertz CT molecular complexity index is 403. The molecule has 0 spiro atoms. The zero-order chi connectivity index (χ0) is 10.1. The minimum Gasteiger partial charge on any atom is -0.326 e. The van der Waals surface area contributed by atoms with E-state index in [0.717, 1.165) is 11.1 Å². The molecule has 3 nitrogen and oxygen atoms in total. The van der Waals surface area contributed by atoms with Crippen LogP contribution in [0.5, 0.6) is 0 Å². The van der Waals surface area contributed by atoms with Gasteiger partial charge in [0.1, 0.15) is 0 Å².